The molecule has 0 saturated heterocycles. The third-order valence-electron chi connectivity index (χ3n) is 4.06. The van der Waals surface area contributed by atoms with Crippen molar-refractivity contribution in [2.24, 2.45) is 16.0 Å². The van der Waals surface area contributed by atoms with Gasteiger partial charge in [-0.05, 0) is 30.8 Å². The smallest absolute Gasteiger partial charge is 0.217 e. The second-order valence-corrected chi connectivity index (χ2v) is 5.89. The number of anilines is 1. The van der Waals surface area contributed by atoms with Gasteiger partial charge < -0.3 is 25.8 Å². The Morgan fingerprint density at radius 3 is 2.38 bits per heavy atom. The summed E-state index contributed by atoms with van der Waals surface area (Å²) in [5.41, 5.74) is 7.55. The fourth-order valence-electron chi connectivity index (χ4n) is 2.55. The number of azo groups is 1. The monoisotopic (exact) mass is 331 g/mol. The topological polar surface area (TPSA) is 72.5 Å². The molecule has 2 rings (SSSR count). The number of rotatable bonds is 9. The van der Waals surface area contributed by atoms with E-state index in [1.54, 1.807) is 0 Å². The minimum Gasteiger partial charge on any atom is -0.384 e. The highest BCUT2D eigenvalue weighted by Crippen LogP contribution is 2.19. The van der Waals surface area contributed by atoms with E-state index in [4.69, 9.17) is 5.73 Å². The van der Waals surface area contributed by atoms with E-state index >= 15 is 0 Å². The molecule has 24 heavy (non-hydrogen) atoms. The molecule has 0 bridgehead atoms. The van der Waals surface area contributed by atoms with Crippen LogP contribution in [0.5, 0.6) is 0 Å². The van der Waals surface area contributed by atoms with Crippen LogP contribution in [0.15, 0.2) is 46.9 Å². The predicted molar refractivity (Wildman–Crippen MR) is 99.1 cm³/mol. The lowest BCUT2D eigenvalue weighted by molar-refractivity contribution is 0.206. The summed E-state index contributed by atoms with van der Waals surface area (Å²) in [7, 11) is 3.97. The quantitative estimate of drug-likeness (QED) is 0.678. The zero-order chi connectivity index (χ0) is 17.4. The summed E-state index contributed by atoms with van der Waals surface area (Å²) in [4.78, 5) is 6.36. The molecule has 1 aromatic rings. The molecule has 0 unspecified atom stereocenters. The highest BCUT2D eigenvalue weighted by molar-refractivity contribution is 5.50. The standard InChI is InChI=1S/C17H29N7/c1-4-24(11-9-18)12-10-19-15-5-7-16(8-6-15)20-21-17-22(2)13-14-23(17)3/h5-8,13-14,17,19H,4,9-12,18H2,1-3H3. The van der Waals surface area contributed by atoms with Gasteiger partial charge >= 0.3 is 0 Å². The molecule has 0 saturated carbocycles. The lowest BCUT2D eigenvalue weighted by atomic mass is 10.3. The SMILES string of the molecule is CCN(CCN)CCNc1ccc(N=NC2N(C)C=CN2C)cc1. The molecular formula is C17H29N7. The van der Waals surface area contributed by atoms with Crippen molar-refractivity contribution in [3.05, 3.63) is 36.7 Å². The van der Waals surface area contributed by atoms with Crippen LogP contribution in [-0.2, 0) is 0 Å². The Kier molecular flexibility index (Phi) is 7.02. The minimum absolute atomic E-state index is 0.0645. The lowest BCUT2D eigenvalue weighted by Crippen LogP contribution is -2.33. The fraction of sp³-hybridized carbons (Fsp3) is 0.529. The van der Waals surface area contributed by atoms with Gasteiger partial charge in [0.05, 0.1) is 5.69 Å². The lowest BCUT2D eigenvalue weighted by Gasteiger charge is -2.21. The van der Waals surface area contributed by atoms with E-state index in [-0.39, 0.29) is 6.29 Å². The van der Waals surface area contributed by atoms with Crippen LogP contribution in [0, 0.1) is 0 Å². The number of benzene rings is 1. The van der Waals surface area contributed by atoms with Crippen molar-refractivity contribution in [3.8, 4) is 0 Å². The minimum atomic E-state index is -0.0645. The van der Waals surface area contributed by atoms with Gasteiger partial charge in [-0.3, -0.25) is 0 Å². The molecule has 1 aromatic carbocycles. The second kappa shape index (κ2) is 9.24. The van der Waals surface area contributed by atoms with Gasteiger partial charge in [-0.25, -0.2) is 0 Å². The summed E-state index contributed by atoms with van der Waals surface area (Å²) in [6, 6.07) is 8.03. The summed E-state index contributed by atoms with van der Waals surface area (Å²) in [5, 5.41) is 12.1. The fourth-order valence-corrected chi connectivity index (χ4v) is 2.55. The molecule has 0 aliphatic carbocycles. The van der Waals surface area contributed by atoms with Crippen molar-refractivity contribution in [3.63, 3.8) is 0 Å². The first-order valence-corrected chi connectivity index (χ1v) is 8.43. The number of hydrogen-bond donors (Lipinski definition) is 2. The van der Waals surface area contributed by atoms with Crippen molar-refractivity contribution in [1.29, 1.82) is 0 Å². The van der Waals surface area contributed by atoms with Crippen molar-refractivity contribution in [2.75, 3.05) is 52.1 Å². The van der Waals surface area contributed by atoms with Gasteiger partial charge in [-0.15, -0.1) is 5.11 Å². The zero-order valence-electron chi connectivity index (χ0n) is 14.9. The number of nitrogens with zero attached hydrogens (tertiary/aromatic N) is 5. The average molecular weight is 331 g/mol. The van der Waals surface area contributed by atoms with Crippen molar-refractivity contribution < 1.29 is 0 Å². The summed E-state index contributed by atoms with van der Waals surface area (Å²) < 4.78 is 0. The largest absolute Gasteiger partial charge is 0.384 e. The third-order valence-corrected chi connectivity index (χ3v) is 4.06. The Morgan fingerprint density at radius 1 is 1.12 bits per heavy atom. The first-order chi connectivity index (χ1) is 11.6. The van der Waals surface area contributed by atoms with Crippen LogP contribution in [-0.4, -0.2) is 67.8 Å². The van der Waals surface area contributed by atoms with E-state index in [0.29, 0.717) is 6.54 Å². The maximum Gasteiger partial charge on any atom is 0.217 e. The van der Waals surface area contributed by atoms with Gasteiger partial charge in [0, 0.05) is 58.4 Å². The first kappa shape index (κ1) is 18.2. The first-order valence-electron chi connectivity index (χ1n) is 8.43. The van der Waals surface area contributed by atoms with Crippen LogP contribution in [0.4, 0.5) is 11.4 Å². The van der Waals surface area contributed by atoms with Gasteiger partial charge in [0.25, 0.3) is 0 Å². The second-order valence-electron chi connectivity index (χ2n) is 5.89. The van der Waals surface area contributed by atoms with Crippen molar-refractivity contribution in [2.45, 2.75) is 13.2 Å². The number of likely N-dealkylation sites (N-methyl/N-ethyl adjacent to an activating group) is 1. The summed E-state index contributed by atoms with van der Waals surface area (Å²) in [6.07, 6.45) is 3.91. The molecular weight excluding hydrogens is 302 g/mol. The van der Waals surface area contributed by atoms with Gasteiger partial charge in [0.15, 0.2) is 0 Å². The van der Waals surface area contributed by atoms with Crippen molar-refractivity contribution in [1.82, 2.24) is 14.7 Å². The highest BCUT2D eigenvalue weighted by atomic mass is 15.5. The van der Waals surface area contributed by atoms with Gasteiger partial charge in [0.2, 0.25) is 6.29 Å². The third kappa shape index (κ3) is 5.21. The van der Waals surface area contributed by atoms with E-state index in [0.717, 1.165) is 37.6 Å². The molecule has 0 aromatic heterocycles. The molecule has 132 valence electrons. The van der Waals surface area contributed by atoms with Crippen LogP contribution in [0.3, 0.4) is 0 Å². The Hall–Kier alpha value is -2.12. The molecule has 0 atom stereocenters. The molecule has 1 heterocycles. The summed E-state index contributed by atoms with van der Waals surface area (Å²) >= 11 is 0. The Bertz CT molecular complexity index is 528. The number of nitrogens with one attached hydrogen (secondary N) is 1. The maximum absolute atomic E-state index is 5.60. The Morgan fingerprint density at radius 2 is 1.79 bits per heavy atom. The molecule has 0 amide bonds. The molecule has 1 aliphatic heterocycles. The molecule has 0 fully saturated rings. The molecule has 0 spiro atoms. The summed E-state index contributed by atoms with van der Waals surface area (Å²) in [6.45, 7) is 6.71. The Balaban J connectivity index is 1.80. The van der Waals surface area contributed by atoms with Gasteiger partial charge in [-0.1, -0.05) is 6.92 Å². The normalized spacial score (nSPS) is 15.2. The van der Waals surface area contributed by atoms with E-state index in [9.17, 15) is 0 Å². The zero-order valence-corrected chi connectivity index (χ0v) is 14.9. The van der Waals surface area contributed by atoms with Gasteiger partial charge in [-0.2, -0.15) is 5.11 Å². The molecule has 3 N–H and O–H groups in total. The molecule has 7 nitrogen and oxygen atoms in total. The maximum atomic E-state index is 5.60. The number of nitrogens with two attached hydrogens (primary N) is 1. The predicted octanol–water partition coefficient (Wildman–Crippen LogP) is 2.09. The van der Waals surface area contributed by atoms with Crippen LogP contribution in [0.1, 0.15) is 6.92 Å². The highest BCUT2D eigenvalue weighted by Gasteiger charge is 2.19. The van der Waals surface area contributed by atoms with E-state index in [2.05, 4.69) is 27.4 Å². The van der Waals surface area contributed by atoms with Crippen LogP contribution < -0.4 is 11.1 Å². The van der Waals surface area contributed by atoms with Crippen molar-refractivity contribution >= 4 is 11.4 Å². The number of hydrogen-bond acceptors (Lipinski definition) is 7. The van der Waals surface area contributed by atoms with Crippen LogP contribution >= 0.6 is 0 Å². The van der Waals surface area contributed by atoms with E-state index in [1.807, 2.05) is 60.6 Å². The average Bonchev–Trinajstić information content (AvgIpc) is 2.91. The van der Waals surface area contributed by atoms with E-state index < -0.39 is 0 Å². The van der Waals surface area contributed by atoms with Crippen LogP contribution in [0.2, 0.25) is 0 Å². The molecule has 0 radical (unpaired) electrons. The van der Waals surface area contributed by atoms with Gasteiger partial charge in [0.1, 0.15) is 0 Å². The van der Waals surface area contributed by atoms with E-state index in [1.165, 1.54) is 0 Å². The molecule has 1 aliphatic rings. The molecule has 7 heteroatoms. The van der Waals surface area contributed by atoms with Crippen LogP contribution in [0.25, 0.3) is 0 Å². The Labute approximate surface area is 144 Å². The summed E-state index contributed by atoms with van der Waals surface area (Å²) in [5.74, 6) is 0.